The third-order valence-corrected chi connectivity index (χ3v) is 4.45. The topological polar surface area (TPSA) is 77.3 Å². The highest BCUT2D eigenvalue weighted by atomic mass is 79.9. The summed E-state index contributed by atoms with van der Waals surface area (Å²) >= 11 is 3.35. The summed E-state index contributed by atoms with van der Waals surface area (Å²) in [6, 6.07) is 0. The minimum absolute atomic E-state index is 0.0182. The van der Waals surface area contributed by atoms with Crippen molar-refractivity contribution in [3.8, 4) is 0 Å². The molecule has 1 N–H and O–H groups in total. The van der Waals surface area contributed by atoms with E-state index in [9.17, 15) is 10.1 Å². The maximum absolute atomic E-state index is 10.8. The van der Waals surface area contributed by atoms with E-state index in [2.05, 4.69) is 26.2 Å². The van der Waals surface area contributed by atoms with E-state index in [0.717, 1.165) is 12.8 Å². The number of hydrogen-bond acceptors (Lipinski definition) is 5. The summed E-state index contributed by atoms with van der Waals surface area (Å²) in [5.41, 5.74) is 0.592. The molecular weight excluding hydrogens is 326 g/mol. The predicted molar refractivity (Wildman–Crippen MR) is 80.0 cm³/mol. The first kappa shape index (κ1) is 15.2. The first-order chi connectivity index (χ1) is 9.59. The summed E-state index contributed by atoms with van der Waals surface area (Å²) in [7, 11) is 0. The van der Waals surface area contributed by atoms with Gasteiger partial charge < -0.3 is 10.1 Å². The lowest BCUT2D eigenvalue weighted by atomic mass is 10.2. The van der Waals surface area contributed by atoms with Crippen molar-refractivity contribution in [2.45, 2.75) is 38.7 Å². The van der Waals surface area contributed by atoms with Gasteiger partial charge in [-0.05, 0) is 35.7 Å². The summed E-state index contributed by atoms with van der Waals surface area (Å²) in [6.45, 7) is 2.96. The van der Waals surface area contributed by atoms with Gasteiger partial charge in [0.1, 0.15) is 12.0 Å². The molecular formula is C13H18BrN3O3. The average molecular weight is 344 g/mol. The van der Waals surface area contributed by atoms with E-state index < -0.39 is 4.92 Å². The molecule has 6 nitrogen and oxygen atoms in total. The lowest BCUT2D eigenvalue weighted by Gasteiger charge is -2.13. The van der Waals surface area contributed by atoms with Crippen LogP contribution in [0.5, 0.6) is 0 Å². The second-order valence-corrected chi connectivity index (χ2v) is 5.69. The molecule has 0 radical (unpaired) electrons. The van der Waals surface area contributed by atoms with Crippen LogP contribution in [0.3, 0.4) is 0 Å². The molecule has 0 amide bonds. The quantitative estimate of drug-likeness (QED) is 0.486. The Morgan fingerprint density at radius 1 is 1.55 bits per heavy atom. The van der Waals surface area contributed by atoms with Crippen LogP contribution in [0.1, 0.15) is 31.2 Å². The lowest BCUT2D eigenvalue weighted by Crippen LogP contribution is -2.16. The van der Waals surface area contributed by atoms with Crippen LogP contribution in [0.15, 0.2) is 10.7 Å². The Labute approximate surface area is 126 Å². The summed E-state index contributed by atoms with van der Waals surface area (Å²) in [5.74, 6) is 0.614. The molecule has 0 aromatic carbocycles. The number of pyridine rings is 1. The van der Waals surface area contributed by atoms with E-state index in [1.54, 1.807) is 6.92 Å². The lowest BCUT2D eigenvalue weighted by molar-refractivity contribution is -0.385. The van der Waals surface area contributed by atoms with Crippen molar-refractivity contribution in [3.63, 3.8) is 0 Å². The highest BCUT2D eigenvalue weighted by Gasteiger charge is 2.17. The zero-order valence-corrected chi connectivity index (χ0v) is 13.0. The number of hydrogen-bond donors (Lipinski definition) is 1. The Balaban J connectivity index is 1.86. The van der Waals surface area contributed by atoms with Crippen LogP contribution in [0.4, 0.5) is 11.5 Å². The molecule has 0 aliphatic heterocycles. The molecule has 0 saturated heterocycles. The Hall–Kier alpha value is -1.21. The minimum atomic E-state index is -0.430. The van der Waals surface area contributed by atoms with Gasteiger partial charge in [0.25, 0.3) is 5.69 Å². The van der Waals surface area contributed by atoms with Crippen LogP contribution in [-0.4, -0.2) is 29.2 Å². The molecule has 7 heteroatoms. The summed E-state index contributed by atoms with van der Waals surface area (Å²) in [5, 5.41) is 13.9. The monoisotopic (exact) mass is 343 g/mol. The SMILES string of the molecule is Cc1c([N+](=O)[O-])cnc(NCCOC2CCCC2)c1Br. The highest BCUT2D eigenvalue weighted by Crippen LogP contribution is 2.30. The van der Waals surface area contributed by atoms with E-state index in [1.165, 1.54) is 19.0 Å². The smallest absolute Gasteiger partial charge is 0.291 e. The van der Waals surface area contributed by atoms with Crippen molar-refractivity contribution < 1.29 is 9.66 Å². The van der Waals surface area contributed by atoms with Crippen LogP contribution in [-0.2, 0) is 4.74 Å². The molecule has 1 aromatic heterocycles. The molecule has 110 valence electrons. The first-order valence-electron chi connectivity index (χ1n) is 6.74. The van der Waals surface area contributed by atoms with Crippen LogP contribution in [0.25, 0.3) is 0 Å². The third kappa shape index (κ3) is 3.67. The van der Waals surface area contributed by atoms with Crippen molar-refractivity contribution in [1.29, 1.82) is 0 Å². The van der Waals surface area contributed by atoms with Gasteiger partial charge in [0, 0.05) is 12.1 Å². The second kappa shape index (κ2) is 6.99. The Bertz CT molecular complexity index is 490. The molecule has 1 fully saturated rings. The van der Waals surface area contributed by atoms with Crippen molar-refractivity contribution >= 4 is 27.4 Å². The molecule has 0 spiro atoms. The Kier molecular flexibility index (Phi) is 5.31. The normalized spacial score (nSPS) is 15.5. The predicted octanol–water partition coefficient (Wildman–Crippen LogP) is 3.43. The molecule has 1 aliphatic carbocycles. The number of anilines is 1. The molecule has 2 rings (SSSR count). The minimum Gasteiger partial charge on any atom is -0.376 e. The average Bonchev–Trinajstić information content (AvgIpc) is 2.92. The second-order valence-electron chi connectivity index (χ2n) is 4.89. The van der Waals surface area contributed by atoms with Crippen LogP contribution in [0, 0.1) is 17.0 Å². The van der Waals surface area contributed by atoms with Gasteiger partial charge in [-0.25, -0.2) is 4.98 Å². The number of nitro groups is 1. The fourth-order valence-electron chi connectivity index (χ4n) is 2.33. The largest absolute Gasteiger partial charge is 0.376 e. The zero-order valence-electron chi connectivity index (χ0n) is 11.4. The van der Waals surface area contributed by atoms with E-state index in [0.29, 0.717) is 35.1 Å². The molecule has 1 aromatic rings. The first-order valence-corrected chi connectivity index (χ1v) is 7.54. The molecule has 1 heterocycles. The van der Waals surface area contributed by atoms with Gasteiger partial charge in [0.15, 0.2) is 0 Å². The molecule has 0 atom stereocenters. The van der Waals surface area contributed by atoms with E-state index >= 15 is 0 Å². The Morgan fingerprint density at radius 3 is 2.90 bits per heavy atom. The van der Waals surface area contributed by atoms with Crippen molar-refractivity contribution in [1.82, 2.24) is 4.98 Å². The van der Waals surface area contributed by atoms with Gasteiger partial charge in [-0.15, -0.1) is 0 Å². The van der Waals surface area contributed by atoms with E-state index in [4.69, 9.17) is 4.74 Å². The maximum atomic E-state index is 10.8. The standard InChI is InChI=1S/C13H18BrN3O3/c1-9-11(17(18)19)8-16-13(12(9)14)15-6-7-20-10-4-2-3-5-10/h8,10H,2-7H2,1H3,(H,15,16). The molecule has 20 heavy (non-hydrogen) atoms. The number of rotatable bonds is 6. The van der Waals surface area contributed by atoms with Gasteiger partial charge in [-0.2, -0.15) is 0 Å². The summed E-state index contributed by atoms with van der Waals surface area (Å²) in [6.07, 6.45) is 6.49. The number of aromatic nitrogens is 1. The number of nitrogens with zero attached hydrogens (tertiary/aromatic N) is 2. The maximum Gasteiger partial charge on any atom is 0.291 e. The zero-order chi connectivity index (χ0) is 14.5. The fraction of sp³-hybridized carbons (Fsp3) is 0.615. The van der Waals surface area contributed by atoms with Crippen molar-refractivity contribution in [2.24, 2.45) is 0 Å². The number of nitrogens with one attached hydrogen (secondary N) is 1. The van der Waals surface area contributed by atoms with Crippen molar-refractivity contribution in [2.75, 3.05) is 18.5 Å². The van der Waals surface area contributed by atoms with Gasteiger partial charge in [-0.3, -0.25) is 10.1 Å². The molecule has 0 unspecified atom stereocenters. The number of ether oxygens (including phenoxy) is 1. The van der Waals surface area contributed by atoms with Crippen LogP contribution >= 0.6 is 15.9 Å². The van der Waals surface area contributed by atoms with Gasteiger partial charge in [0.2, 0.25) is 0 Å². The molecule has 1 aliphatic rings. The fourth-order valence-corrected chi connectivity index (χ4v) is 2.77. The van der Waals surface area contributed by atoms with Gasteiger partial charge in [0.05, 0.1) is 22.1 Å². The Morgan fingerprint density at radius 2 is 2.25 bits per heavy atom. The van der Waals surface area contributed by atoms with E-state index in [1.807, 2.05) is 0 Å². The van der Waals surface area contributed by atoms with Gasteiger partial charge in [-0.1, -0.05) is 12.8 Å². The highest BCUT2D eigenvalue weighted by molar-refractivity contribution is 9.10. The van der Waals surface area contributed by atoms with E-state index in [-0.39, 0.29) is 5.69 Å². The number of halogens is 1. The molecule has 0 bridgehead atoms. The van der Waals surface area contributed by atoms with Crippen LogP contribution < -0.4 is 5.32 Å². The summed E-state index contributed by atoms with van der Waals surface area (Å²) in [4.78, 5) is 14.4. The van der Waals surface area contributed by atoms with Crippen LogP contribution in [0.2, 0.25) is 0 Å². The summed E-state index contributed by atoms with van der Waals surface area (Å²) < 4.78 is 6.37. The van der Waals surface area contributed by atoms with Gasteiger partial charge >= 0.3 is 0 Å². The third-order valence-electron chi connectivity index (χ3n) is 3.48. The van der Waals surface area contributed by atoms with Crippen molar-refractivity contribution in [3.05, 3.63) is 26.3 Å². The molecule has 1 saturated carbocycles.